The van der Waals surface area contributed by atoms with E-state index in [0.717, 1.165) is 17.5 Å². The van der Waals surface area contributed by atoms with Crippen LogP contribution in [0.3, 0.4) is 0 Å². The Morgan fingerprint density at radius 2 is 2.00 bits per heavy atom. The Morgan fingerprint density at radius 3 is 2.74 bits per heavy atom. The Hall–Kier alpha value is -2.37. The second-order valence-corrected chi connectivity index (χ2v) is 7.54. The monoisotopic (exact) mass is 384 g/mol. The molecule has 1 saturated carbocycles. The van der Waals surface area contributed by atoms with Crippen LogP contribution >= 0.6 is 11.6 Å². The van der Waals surface area contributed by atoms with E-state index in [9.17, 15) is 9.90 Å². The van der Waals surface area contributed by atoms with Crippen molar-refractivity contribution in [1.29, 1.82) is 0 Å². The van der Waals surface area contributed by atoms with Gasteiger partial charge in [-0.2, -0.15) is 0 Å². The second kappa shape index (κ2) is 6.98. The molecule has 6 heteroatoms. The zero-order valence-corrected chi connectivity index (χ0v) is 15.5. The summed E-state index contributed by atoms with van der Waals surface area (Å²) in [4.78, 5) is 17.8. The van der Waals surface area contributed by atoms with Crippen molar-refractivity contribution >= 4 is 23.3 Å². The summed E-state index contributed by atoms with van der Waals surface area (Å²) in [7, 11) is 0. The molecule has 2 bridgehead atoms. The highest BCUT2D eigenvalue weighted by molar-refractivity contribution is 6.32. The number of aliphatic imine (C=N–C) groups is 1. The summed E-state index contributed by atoms with van der Waals surface area (Å²) in [5, 5.41) is 9.97. The number of carbonyl (C=O) groups excluding carboxylic acids is 1. The lowest BCUT2D eigenvalue weighted by Gasteiger charge is -2.42. The van der Waals surface area contributed by atoms with Crippen LogP contribution in [0.1, 0.15) is 30.4 Å². The molecule has 1 aliphatic heterocycles. The number of hydrogen-bond acceptors (Lipinski definition) is 5. The van der Waals surface area contributed by atoms with Gasteiger partial charge in [-0.15, -0.1) is 0 Å². The Balaban J connectivity index is 1.71. The minimum absolute atomic E-state index is 0.0394. The molecule has 1 fully saturated rings. The Kier molecular flexibility index (Phi) is 4.66. The van der Waals surface area contributed by atoms with Crippen LogP contribution in [-0.4, -0.2) is 28.9 Å². The van der Waals surface area contributed by atoms with Crippen molar-refractivity contribution in [2.24, 2.45) is 10.7 Å². The topological polar surface area (TPSA) is 84.9 Å². The Bertz CT molecular complexity index is 897. The van der Waals surface area contributed by atoms with Crippen molar-refractivity contribution in [2.75, 3.05) is 0 Å². The zero-order valence-electron chi connectivity index (χ0n) is 14.8. The highest BCUT2D eigenvalue weighted by Crippen LogP contribution is 2.44. The van der Waals surface area contributed by atoms with Crippen LogP contribution in [0.15, 0.2) is 53.5 Å². The molecule has 1 aliphatic carbocycles. The molecule has 4 rings (SSSR count). The van der Waals surface area contributed by atoms with Crippen LogP contribution in [0.2, 0.25) is 5.02 Å². The van der Waals surface area contributed by atoms with E-state index in [2.05, 4.69) is 0 Å². The van der Waals surface area contributed by atoms with Crippen LogP contribution in [0.25, 0.3) is 0 Å². The maximum absolute atomic E-state index is 13.1. The molecule has 0 spiro atoms. The van der Waals surface area contributed by atoms with E-state index in [1.807, 2.05) is 30.3 Å². The van der Waals surface area contributed by atoms with Crippen LogP contribution in [0.4, 0.5) is 0 Å². The average molecular weight is 385 g/mol. The molecule has 2 aromatic rings. The van der Waals surface area contributed by atoms with E-state index in [-0.39, 0.29) is 11.5 Å². The summed E-state index contributed by atoms with van der Waals surface area (Å²) in [6, 6.07) is 13.7. The van der Waals surface area contributed by atoms with Gasteiger partial charge < -0.3 is 15.6 Å². The van der Waals surface area contributed by atoms with E-state index in [0.29, 0.717) is 30.2 Å². The van der Waals surface area contributed by atoms with Crippen molar-refractivity contribution in [3.8, 4) is 5.75 Å². The highest BCUT2D eigenvalue weighted by atomic mass is 35.5. The third kappa shape index (κ3) is 3.22. The average Bonchev–Trinajstić information content (AvgIpc) is 2.64. The summed E-state index contributed by atoms with van der Waals surface area (Å²) in [5.41, 5.74) is 7.05. The van der Waals surface area contributed by atoms with Gasteiger partial charge in [0.05, 0.1) is 6.04 Å². The van der Waals surface area contributed by atoms with E-state index in [4.69, 9.17) is 27.1 Å². The summed E-state index contributed by atoms with van der Waals surface area (Å²) in [6.45, 7) is 0. The van der Waals surface area contributed by atoms with Crippen molar-refractivity contribution in [3.63, 3.8) is 0 Å². The number of halogens is 1. The first-order valence-corrected chi connectivity index (χ1v) is 9.46. The predicted octanol–water partition coefficient (Wildman–Crippen LogP) is 3.36. The standard InChI is InChI=1S/C21H21ClN2O3/c22-16-5-2-1-4-15(16)21-11-3-6-18(19(21)26)27-20(24-21)17(23)12-13-7-9-14(25)10-8-13/h1-2,4-5,7-10,17-18,25H,3,6,11-12,23H2/t17-,18+,21+/m0/s1. The first-order chi connectivity index (χ1) is 13.0. The van der Waals surface area contributed by atoms with Gasteiger partial charge in [-0.3, -0.25) is 4.79 Å². The second-order valence-electron chi connectivity index (χ2n) is 7.13. The minimum Gasteiger partial charge on any atom is -0.508 e. The van der Waals surface area contributed by atoms with Gasteiger partial charge >= 0.3 is 0 Å². The largest absolute Gasteiger partial charge is 0.508 e. The number of carbonyl (C=O) groups is 1. The summed E-state index contributed by atoms with van der Waals surface area (Å²) < 4.78 is 5.90. The molecule has 2 aliphatic rings. The molecular weight excluding hydrogens is 364 g/mol. The number of hydrogen-bond donors (Lipinski definition) is 2. The smallest absolute Gasteiger partial charge is 0.205 e. The van der Waals surface area contributed by atoms with Crippen molar-refractivity contribution in [2.45, 2.75) is 43.4 Å². The summed E-state index contributed by atoms with van der Waals surface area (Å²) in [6.07, 6.45) is 2.07. The molecule has 0 saturated heterocycles. The van der Waals surface area contributed by atoms with Gasteiger partial charge in [-0.05, 0) is 49.4 Å². The van der Waals surface area contributed by atoms with E-state index in [1.54, 1.807) is 18.2 Å². The number of nitrogens with two attached hydrogens (primary N) is 1. The molecule has 140 valence electrons. The number of phenols is 1. The van der Waals surface area contributed by atoms with Crippen LogP contribution < -0.4 is 5.73 Å². The summed E-state index contributed by atoms with van der Waals surface area (Å²) in [5.74, 6) is 0.561. The first-order valence-electron chi connectivity index (χ1n) is 9.09. The maximum Gasteiger partial charge on any atom is 0.205 e. The number of nitrogens with zero attached hydrogens (tertiary/aromatic N) is 1. The number of ketones is 1. The minimum atomic E-state index is -1.01. The van der Waals surface area contributed by atoms with Gasteiger partial charge in [0, 0.05) is 10.6 Å². The number of benzene rings is 2. The van der Waals surface area contributed by atoms with Crippen molar-refractivity contribution < 1.29 is 14.6 Å². The van der Waals surface area contributed by atoms with Crippen molar-refractivity contribution in [3.05, 3.63) is 64.7 Å². The predicted molar refractivity (Wildman–Crippen MR) is 104 cm³/mol. The summed E-state index contributed by atoms with van der Waals surface area (Å²) >= 11 is 6.42. The van der Waals surface area contributed by atoms with Crippen LogP contribution in [-0.2, 0) is 21.5 Å². The quantitative estimate of drug-likeness (QED) is 0.846. The number of rotatable bonds is 4. The van der Waals surface area contributed by atoms with Crippen molar-refractivity contribution in [1.82, 2.24) is 0 Å². The highest BCUT2D eigenvalue weighted by Gasteiger charge is 2.52. The van der Waals surface area contributed by atoms with Gasteiger partial charge in [0.25, 0.3) is 0 Å². The lowest BCUT2D eigenvalue weighted by atomic mass is 9.73. The van der Waals surface area contributed by atoms with E-state index < -0.39 is 17.7 Å². The molecule has 0 aromatic heterocycles. The lowest BCUT2D eigenvalue weighted by molar-refractivity contribution is -0.137. The Labute approximate surface area is 162 Å². The third-order valence-corrected chi connectivity index (χ3v) is 5.63. The molecular formula is C21H21ClN2O3. The van der Waals surface area contributed by atoms with Crippen LogP contribution in [0, 0.1) is 0 Å². The first kappa shape index (κ1) is 18.0. The Morgan fingerprint density at radius 1 is 1.26 bits per heavy atom. The van der Waals surface area contributed by atoms with Crippen LogP contribution in [0.5, 0.6) is 5.75 Å². The fraction of sp³-hybridized carbons (Fsp3) is 0.333. The van der Waals surface area contributed by atoms with Gasteiger partial charge in [0.15, 0.2) is 11.6 Å². The number of Topliss-reactive ketones (excluding diaryl/α,β-unsaturated/α-hetero) is 1. The van der Waals surface area contributed by atoms with Gasteiger partial charge in [0.1, 0.15) is 5.75 Å². The normalized spacial score (nSPS) is 25.5. The zero-order chi connectivity index (χ0) is 19.0. The molecule has 0 unspecified atom stereocenters. The SMILES string of the molecule is N[C@@H](Cc1ccc(O)cc1)C1=N[C@@]2(c3ccccc3Cl)CCC[C@@H](O1)C2=O. The van der Waals surface area contributed by atoms with Gasteiger partial charge in [-0.25, -0.2) is 4.99 Å². The molecule has 3 N–H and O–H groups in total. The molecule has 27 heavy (non-hydrogen) atoms. The van der Waals surface area contributed by atoms with Gasteiger partial charge in [-0.1, -0.05) is 41.9 Å². The maximum atomic E-state index is 13.1. The third-order valence-electron chi connectivity index (χ3n) is 5.30. The number of fused-ring (bicyclic) bond motifs is 2. The molecule has 3 atom stereocenters. The van der Waals surface area contributed by atoms with E-state index >= 15 is 0 Å². The lowest BCUT2D eigenvalue weighted by Crippen LogP contribution is -2.54. The molecule has 5 nitrogen and oxygen atoms in total. The molecule has 0 radical (unpaired) electrons. The number of ether oxygens (including phenoxy) is 1. The molecule has 2 aromatic carbocycles. The molecule has 1 heterocycles. The number of phenolic OH excluding ortho intramolecular Hbond substituents is 1. The molecule has 0 amide bonds. The van der Waals surface area contributed by atoms with Gasteiger partial charge in [0.2, 0.25) is 11.7 Å². The fourth-order valence-electron chi connectivity index (χ4n) is 3.92. The fourth-order valence-corrected chi connectivity index (χ4v) is 4.21. The van der Waals surface area contributed by atoms with E-state index in [1.165, 1.54) is 0 Å². The number of aromatic hydroxyl groups is 1.